The predicted octanol–water partition coefficient (Wildman–Crippen LogP) is 15.1. The summed E-state index contributed by atoms with van der Waals surface area (Å²) < 4.78 is 39.5. The van der Waals surface area contributed by atoms with Crippen LogP contribution in [0.5, 0.6) is 0 Å². The third-order valence-corrected chi connectivity index (χ3v) is 22.0. The smallest absolute Gasteiger partial charge is 0.245 e. The molecule has 6 fully saturated rings. The quantitative estimate of drug-likeness (QED) is 0.164. The van der Waals surface area contributed by atoms with E-state index in [9.17, 15) is 8.42 Å². The van der Waals surface area contributed by atoms with Gasteiger partial charge in [-0.05, 0) is 195 Å². The Morgan fingerprint density at radius 2 is 0.949 bits per heavy atom. The summed E-state index contributed by atoms with van der Waals surface area (Å²) in [5.74, 6) is 9.72. The summed E-state index contributed by atoms with van der Waals surface area (Å²) in [5, 5.41) is 0. The number of allylic oxidation sites excluding steroid dienone is 2. The zero-order valence-electron chi connectivity index (χ0n) is 39.8. The van der Waals surface area contributed by atoms with Crippen molar-refractivity contribution in [2.45, 2.75) is 223 Å². The maximum absolute atomic E-state index is 13.7. The molecule has 0 bridgehead atoms. The second-order valence-corrected chi connectivity index (χ2v) is 26.1. The molecule has 0 amide bonds. The molecule has 0 N–H and O–H groups in total. The van der Waals surface area contributed by atoms with Crippen LogP contribution in [0.15, 0.2) is 23.3 Å². The molecule has 4 nitrogen and oxygen atoms in total. The van der Waals surface area contributed by atoms with Crippen LogP contribution < -0.4 is 0 Å². The van der Waals surface area contributed by atoms with E-state index < -0.39 is 10.4 Å². The fourth-order valence-corrected chi connectivity index (χ4v) is 18.9. The zero-order chi connectivity index (χ0) is 42.1. The van der Waals surface area contributed by atoms with Crippen LogP contribution in [0.4, 0.5) is 0 Å². The lowest BCUT2D eigenvalue weighted by Crippen LogP contribution is -2.51. The van der Waals surface area contributed by atoms with Gasteiger partial charge in [0.25, 0.3) is 0 Å². The lowest BCUT2D eigenvalue weighted by Gasteiger charge is -2.58. The average molecular weight is 835 g/mol. The van der Waals surface area contributed by atoms with Crippen molar-refractivity contribution in [3.63, 3.8) is 0 Å². The number of fused-ring (bicyclic) bond motifs is 10. The molecule has 8 rings (SSSR count). The number of rotatable bonds is 14. The maximum atomic E-state index is 13.7. The van der Waals surface area contributed by atoms with Crippen molar-refractivity contribution in [1.82, 2.24) is 0 Å². The Kier molecular flexibility index (Phi) is 13.0. The molecule has 0 aliphatic heterocycles. The highest BCUT2D eigenvalue weighted by molar-refractivity contribution is 7.81. The molecule has 8 aliphatic carbocycles. The zero-order valence-corrected chi connectivity index (χ0v) is 40.7. The molecule has 0 heterocycles. The fourth-order valence-electron chi connectivity index (χ4n) is 17.8. The maximum Gasteiger partial charge on any atom is 0.400 e. The minimum atomic E-state index is -4.09. The van der Waals surface area contributed by atoms with Gasteiger partial charge in [0.1, 0.15) is 0 Å². The van der Waals surface area contributed by atoms with Crippen molar-refractivity contribution >= 4 is 10.4 Å². The first-order valence-corrected chi connectivity index (χ1v) is 27.2. The van der Waals surface area contributed by atoms with Gasteiger partial charge in [-0.3, -0.25) is 0 Å². The molecular formula is C54H90O4S. The van der Waals surface area contributed by atoms with Gasteiger partial charge >= 0.3 is 10.4 Å². The first kappa shape index (κ1) is 44.9. The van der Waals surface area contributed by atoms with Crippen molar-refractivity contribution < 1.29 is 16.8 Å². The first-order valence-electron chi connectivity index (χ1n) is 25.9. The van der Waals surface area contributed by atoms with Gasteiger partial charge in [-0.25, -0.2) is 8.37 Å². The molecule has 0 aromatic heterocycles. The van der Waals surface area contributed by atoms with Gasteiger partial charge < -0.3 is 0 Å². The monoisotopic (exact) mass is 835 g/mol. The Morgan fingerprint density at radius 1 is 0.542 bits per heavy atom. The normalized spacial score (nSPS) is 45.4. The standard InChI is InChI=1S/C54H90O4S/c1-35(2)13-11-15-37(5)45-21-23-47-43-19-17-39-33-41(25-29-51(39,7)49(43)27-31-53(45,47)9)57-59(55,56)58-42-26-30-52(8)40(34-42)18-20-44-48-24-22-46(38(6)16-12-14-36(3)4)54(48,10)32-28-50(44)52/h17-18,35-38,41-50H,11-16,19-34H2,1-10H3/t37-,38-,41+,42+,43-,44+,45+,46+,47-,48+,49-,50-,51+,52-,53-,54+/m1/s1. The van der Waals surface area contributed by atoms with Crippen molar-refractivity contribution in [3.05, 3.63) is 23.3 Å². The molecule has 0 saturated heterocycles. The van der Waals surface area contributed by atoms with E-state index >= 15 is 0 Å². The molecular weight excluding hydrogens is 745 g/mol. The van der Waals surface area contributed by atoms with Crippen LogP contribution in [0.2, 0.25) is 0 Å². The lowest BCUT2D eigenvalue weighted by atomic mass is 9.47. The SMILES string of the molecule is CC(C)CCC[C@@H](C)[C@@H]1CC[C@H]2[C@@H]3CC=C4C[C@@H](OS(=O)(=O)O[C@H]5CC[C@@]6(C)C(=CC[C@@H]7[C@H]8CC[C@@H]([C@H](C)CCCC(C)C)[C@@]8(C)CC[C@H]76)C5)CC[C@@]4(C)[C@@H]3CC[C@]21C. The van der Waals surface area contributed by atoms with E-state index in [-0.39, 0.29) is 23.0 Å². The van der Waals surface area contributed by atoms with Gasteiger partial charge in [-0.2, -0.15) is 8.42 Å². The van der Waals surface area contributed by atoms with E-state index in [2.05, 4.69) is 81.4 Å². The molecule has 0 unspecified atom stereocenters. The third-order valence-electron chi connectivity index (χ3n) is 21.0. The minimum absolute atomic E-state index is 0.177. The molecule has 0 aromatic carbocycles. The highest BCUT2D eigenvalue weighted by Gasteiger charge is 2.61. The molecule has 16 atom stereocenters. The van der Waals surface area contributed by atoms with E-state index in [1.54, 1.807) is 0 Å². The molecule has 6 saturated carbocycles. The lowest BCUT2D eigenvalue weighted by molar-refractivity contribution is -0.0589. The van der Waals surface area contributed by atoms with Crippen molar-refractivity contribution in [2.24, 2.45) is 92.7 Å². The van der Waals surface area contributed by atoms with Crippen LogP contribution in [0.3, 0.4) is 0 Å². The Balaban J connectivity index is 0.856. The molecule has 0 radical (unpaired) electrons. The van der Waals surface area contributed by atoms with E-state index in [4.69, 9.17) is 8.37 Å². The summed E-state index contributed by atoms with van der Waals surface area (Å²) in [7, 11) is -4.09. The van der Waals surface area contributed by atoms with E-state index in [1.165, 1.54) is 114 Å². The molecule has 5 heteroatoms. The summed E-state index contributed by atoms with van der Waals surface area (Å²) in [4.78, 5) is 0. The summed E-state index contributed by atoms with van der Waals surface area (Å²) >= 11 is 0. The van der Waals surface area contributed by atoms with E-state index in [1.807, 2.05) is 0 Å². The van der Waals surface area contributed by atoms with Crippen LogP contribution in [-0.2, 0) is 18.8 Å². The second kappa shape index (κ2) is 17.0. The minimum Gasteiger partial charge on any atom is -0.245 e. The topological polar surface area (TPSA) is 52.6 Å². The Labute approximate surface area is 364 Å². The highest BCUT2D eigenvalue weighted by atomic mass is 32.3. The Hall–Kier alpha value is -0.650. The number of hydrogen-bond donors (Lipinski definition) is 0. The van der Waals surface area contributed by atoms with Gasteiger partial charge in [0.05, 0.1) is 12.2 Å². The van der Waals surface area contributed by atoms with Gasteiger partial charge in [0.2, 0.25) is 0 Å². The molecule has 336 valence electrons. The molecule has 59 heavy (non-hydrogen) atoms. The van der Waals surface area contributed by atoms with E-state index in [0.29, 0.717) is 10.8 Å². The van der Waals surface area contributed by atoms with Gasteiger partial charge in [-0.15, -0.1) is 0 Å². The average Bonchev–Trinajstić information content (AvgIpc) is 3.71. The summed E-state index contributed by atoms with van der Waals surface area (Å²) in [6.45, 7) is 25.1. The van der Waals surface area contributed by atoms with Crippen LogP contribution in [0.25, 0.3) is 0 Å². The van der Waals surface area contributed by atoms with Gasteiger partial charge in [-0.1, -0.05) is 131 Å². The van der Waals surface area contributed by atoms with Gasteiger partial charge in [0, 0.05) is 0 Å². The molecule has 0 aromatic rings. The van der Waals surface area contributed by atoms with Crippen molar-refractivity contribution in [2.75, 3.05) is 0 Å². The Bertz CT molecular complexity index is 1550. The first-order chi connectivity index (χ1) is 27.9. The summed E-state index contributed by atoms with van der Waals surface area (Å²) in [5.41, 5.74) is 4.30. The van der Waals surface area contributed by atoms with Crippen LogP contribution in [-0.4, -0.2) is 20.6 Å². The molecule has 8 aliphatic rings. The highest BCUT2D eigenvalue weighted by Crippen LogP contribution is 2.69. The molecule has 0 spiro atoms. The largest absolute Gasteiger partial charge is 0.400 e. The van der Waals surface area contributed by atoms with Gasteiger partial charge in [0.15, 0.2) is 0 Å². The van der Waals surface area contributed by atoms with Crippen LogP contribution in [0.1, 0.15) is 210 Å². The second-order valence-electron chi connectivity index (χ2n) is 24.9. The van der Waals surface area contributed by atoms with Crippen LogP contribution >= 0.6 is 0 Å². The van der Waals surface area contributed by atoms with Crippen molar-refractivity contribution in [3.8, 4) is 0 Å². The third kappa shape index (κ3) is 8.32. The van der Waals surface area contributed by atoms with Crippen molar-refractivity contribution in [1.29, 1.82) is 0 Å². The Morgan fingerprint density at radius 3 is 1.34 bits per heavy atom. The summed E-state index contributed by atoms with van der Waals surface area (Å²) in [6, 6.07) is 0. The van der Waals surface area contributed by atoms with Crippen LogP contribution in [0, 0.1) is 92.7 Å². The fraction of sp³-hybridized carbons (Fsp3) is 0.926. The number of hydrogen-bond acceptors (Lipinski definition) is 4. The van der Waals surface area contributed by atoms with E-state index in [0.717, 1.165) is 110 Å². The predicted molar refractivity (Wildman–Crippen MR) is 245 cm³/mol. The summed E-state index contributed by atoms with van der Waals surface area (Å²) in [6.07, 6.45) is 31.4.